The van der Waals surface area contributed by atoms with Gasteiger partial charge in [0, 0.05) is 36.5 Å². The first-order valence-corrected chi connectivity index (χ1v) is 7.72. The van der Waals surface area contributed by atoms with Crippen molar-refractivity contribution >= 4 is 11.8 Å². The number of methoxy groups -OCH3 is 1. The van der Waals surface area contributed by atoms with Crippen molar-refractivity contribution in [2.75, 3.05) is 13.7 Å². The molecule has 2 rings (SSSR count). The molecule has 1 aromatic heterocycles. The van der Waals surface area contributed by atoms with Gasteiger partial charge in [0.1, 0.15) is 0 Å². The highest BCUT2D eigenvalue weighted by Crippen LogP contribution is 2.18. The molecule has 0 bridgehead atoms. The van der Waals surface area contributed by atoms with Crippen molar-refractivity contribution in [2.45, 2.75) is 19.4 Å². The average molecular weight is 327 g/mol. The van der Waals surface area contributed by atoms with Gasteiger partial charge in [0.15, 0.2) is 0 Å². The van der Waals surface area contributed by atoms with Gasteiger partial charge in [-0.15, -0.1) is 0 Å². The monoisotopic (exact) mass is 327 g/mol. The number of aromatic nitrogens is 1. The molecular weight excluding hydrogens is 306 g/mol. The molecule has 6 nitrogen and oxygen atoms in total. The van der Waals surface area contributed by atoms with Crippen molar-refractivity contribution in [1.82, 2.24) is 10.3 Å². The van der Waals surface area contributed by atoms with Crippen LogP contribution in [-0.4, -0.2) is 36.6 Å². The SMILES string of the molecule is CC[C@@H](CNC(=O)c1ccc(-c2cc(C(N)=O)ccn2)cc1)OC. The van der Waals surface area contributed by atoms with Crippen molar-refractivity contribution in [3.63, 3.8) is 0 Å². The number of carbonyl (C=O) groups is 2. The third-order valence-electron chi connectivity index (χ3n) is 3.77. The zero-order valence-electron chi connectivity index (χ0n) is 13.8. The first kappa shape index (κ1) is 17.6. The van der Waals surface area contributed by atoms with Crippen LogP contribution in [0.5, 0.6) is 0 Å². The maximum atomic E-state index is 12.1. The van der Waals surface area contributed by atoms with Crippen LogP contribution in [-0.2, 0) is 4.74 Å². The molecule has 6 heteroatoms. The molecular formula is C18H21N3O3. The Morgan fingerprint density at radius 1 is 1.21 bits per heavy atom. The van der Waals surface area contributed by atoms with E-state index in [1.807, 2.05) is 6.92 Å². The predicted octanol–water partition coefficient (Wildman–Crippen LogP) is 2.00. The van der Waals surface area contributed by atoms with Crippen LogP contribution >= 0.6 is 0 Å². The number of benzene rings is 1. The number of pyridine rings is 1. The Hall–Kier alpha value is -2.73. The molecule has 0 radical (unpaired) electrons. The van der Waals surface area contributed by atoms with E-state index in [2.05, 4.69) is 10.3 Å². The minimum Gasteiger partial charge on any atom is -0.380 e. The summed E-state index contributed by atoms with van der Waals surface area (Å²) < 4.78 is 5.23. The van der Waals surface area contributed by atoms with Crippen molar-refractivity contribution in [1.29, 1.82) is 0 Å². The normalized spacial score (nSPS) is 11.8. The summed E-state index contributed by atoms with van der Waals surface area (Å²) >= 11 is 0. The largest absolute Gasteiger partial charge is 0.380 e. The fourth-order valence-corrected chi connectivity index (χ4v) is 2.24. The standard InChI is InChI=1S/C18H21N3O3/c1-3-15(24-2)11-21-18(23)13-6-4-12(5-7-13)16-10-14(17(19)22)8-9-20-16/h4-10,15H,3,11H2,1-2H3,(H2,19,22)(H,21,23)/t15-/m0/s1. The summed E-state index contributed by atoms with van der Waals surface area (Å²) in [6.07, 6.45) is 2.37. The minimum absolute atomic E-state index is 0.00830. The van der Waals surface area contributed by atoms with E-state index >= 15 is 0 Å². The fourth-order valence-electron chi connectivity index (χ4n) is 2.24. The van der Waals surface area contributed by atoms with Crippen molar-refractivity contribution in [3.8, 4) is 11.3 Å². The second-order valence-corrected chi connectivity index (χ2v) is 5.35. The lowest BCUT2D eigenvalue weighted by Gasteiger charge is -2.13. The van der Waals surface area contributed by atoms with Gasteiger partial charge in [-0.3, -0.25) is 14.6 Å². The van der Waals surface area contributed by atoms with E-state index in [4.69, 9.17) is 10.5 Å². The third kappa shape index (κ3) is 4.39. The quantitative estimate of drug-likeness (QED) is 0.813. The van der Waals surface area contributed by atoms with Gasteiger partial charge in [-0.05, 0) is 30.7 Å². The van der Waals surface area contributed by atoms with Crippen LogP contribution in [0.1, 0.15) is 34.1 Å². The Labute approximate surface area is 141 Å². The second kappa shape index (κ2) is 8.21. The van der Waals surface area contributed by atoms with E-state index in [-0.39, 0.29) is 12.0 Å². The lowest BCUT2D eigenvalue weighted by molar-refractivity contribution is 0.0815. The number of primary amides is 1. The van der Waals surface area contributed by atoms with Crippen LogP contribution in [0.15, 0.2) is 42.6 Å². The van der Waals surface area contributed by atoms with Crippen LogP contribution in [0.25, 0.3) is 11.3 Å². The summed E-state index contributed by atoms with van der Waals surface area (Å²) in [6, 6.07) is 10.2. The van der Waals surface area contributed by atoms with Crippen LogP contribution < -0.4 is 11.1 Å². The van der Waals surface area contributed by atoms with Crippen LogP contribution in [0.4, 0.5) is 0 Å². The van der Waals surface area contributed by atoms with Crippen LogP contribution in [0.3, 0.4) is 0 Å². The molecule has 0 saturated heterocycles. The Morgan fingerprint density at radius 3 is 2.50 bits per heavy atom. The Balaban J connectivity index is 2.09. The number of rotatable bonds is 7. The van der Waals surface area contributed by atoms with E-state index in [9.17, 15) is 9.59 Å². The minimum atomic E-state index is -0.502. The topological polar surface area (TPSA) is 94.3 Å². The van der Waals surface area contributed by atoms with Gasteiger partial charge in [0.25, 0.3) is 5.91 Å². The van der Waals surface area contributed by atoms with E-state index in [1.165, 1.54) is 6.20 Å². The summed E-state index contributed by atoms with van der Waals surface area (Å²) in [5, 5.41) is 2.84. The smallest absolute Gasteiger partial charge is 0.251 e. The van der Waals surface area contributed by atoms with Crippen LogP contribution in [0, 0.1) is 0 Å². The number of nitrogens with two attached hydrogens (primary N) is 1. The van der Waals surface area contributed by atoms with E-state index in [0.717, 1.165) is 12.0 Å². The molecule has 1 aromatic carbocycles. The van der Waals surface area contributed by atoms with E-state index < -0.39 is 5.91 Å². The van der Waals surface area contributed by atoms with Gasteiger partial charge in [-0.2, -0.15) is 0 Å². The van der Waals surface area contributed by atoms with Gasteiger partial charge < -0.3 is 15.8 Å². The van der Waals surface area contributed by atoms with Crippen molar-refractivity contribution < 1.29 is 14.3 Å². The number of hydrogen-bond donors (Lipinski definition) is 2. The Morgan fingerprint density at radius 2 is 1.92 bits per heavy atom. The zero-order valence-corrected chi connectivity index (χ0v) is 13.8. The molecule has 3 N–H and O–H groups in total. The predicted molar refractivity (Wildman–Crippen MR) is 91.6 cm³/mol. The average Bonchev–Trinajstić information content (AvgIpc) is 2.62. The van der Waals surface area contributed by atoms with Crippen molar-refractivity contribution in [3.05, 3.63) is 53.7 Å². The lowest BCUT2D eigenvalue weighted by Crippen LogP contribution is -2.32. The number of ether oxygens (including phenoxy) is 1. The van der Waals surface area contributed by atoms with Gasteiger partial charge in [0.2, 0.25) is 5.91 Å². The molecule has 24 heavy (non-hydrogen) atoms. The molecule has 0 saturated carbocycles. The number of amides is 2. The van der Waals surface area contributed by atoms with Gasteiger partial charge in [-0.1, -0.05) is 19.1 Å². The molecule has 2 aromatic rings. The molecule has 0 aliphatic carbocycles. The third-order valence-corrected chi connectivity index (χ3v) is 3.77. The maximum Gasteiger partial charge on any atom is 0.251 e. The molecule has 0 aliphatic heterocycles. The van der Waals surface area contributed by atoms with E-state index in [1.54, 1.807) is 43.5 Å². The molecule has 0 spiro atoms. The first-order chi connectivity index (χ1) is 11.5. The molecule has 126 valence electrons. The van der Waals surface area contributed by atoms with E-state index in [0.29, 0.717) is 23.4 Å². The summed E-state index contributed by atoms with van der Waals surface area (Å²) in [7, 11) is 1.63. The number of nitrogens with one attached hydrogen (secondary N) is 1. The molecule has 1 heterocycles. The molecule has 0 unspecified atom stereocenters. The molecule has 1 atom stereocenters. The second-order valence-electron chi connectivity index (χ2n) is 5.35. The summed E-state index contributed by atoms with van der Waals surface area (Å²) in [4.78, 5) is 27.6. The summed E-state index contributed by atoms with van der Waals surface area (Å²) in [5.74, 6) is -0.658. The first-order valence-electron chi connectivity index (χ1n) is 7.72. The molecule has 0 fully saturated rings. The number of hydrogen-bond acceptors (Lipinski definition) is 4. The van der Waals surface area contributed by atoms with Gasteiger partial charge >= 0.3 is 0 Å². The highest BCUT2D eigenvalue weighted by atomic mass is 16.5. The number of carbonyl (C=O) groups excluding carboxylic acids is 2. The van der Waals surface area contributed by atoms with Crippen molar-refractivity contribution in [2.24, 2.45) is 5.73 Å². The zero-order chi connectivity index (χ0) is 17.5. The number of nitrogens with zero attached hydrogens (tertiary/aromatic N) is 1. The maximum absolute atomic E-state index is 12.1. The summed E-state index contributed by atoms with van der Waals surface area (Å²) in [6.45, 7) is 2.47. The molecule has 0 aliphatic rings. The molecule has 2 amide bonds. The highest BCUT2D eigenvalue weighted by molar-refractivity contribution is 5.95. The fraction of sp³-hybridized carbons (Fsp3) is 0.278. The Kier molecular flexibility index (Phi) is 6.03. The summed E-state index contributed by atoms with van der Waals surface area (Å²) in [5.41, 5.74) is 7.65. The highest BCUT2D eigenvalue weighted by Gasteiger charge is 2.10. The van der Waals surface area contributed by atoms with Gasteiger partial charge in [-0.25, -0.2) is 0 Å². The lowest BCUT2D eigenvalue weighted by atomic mass is 10.1. The van der Waals surface area contributed by atoms with Gasteiger partial charge in [0.05, 0.1) is 11.8 Å². The van der Waals surface area contributed by atoms with Crippen LogP contribution in [0.2, 0.25) is 0 Å². The Bertz CT molecular complexity index is 710.